The first-order valence-corrected chi connectivity index (χ1v) is 5.94. The van der Waals surface area contributed by atoms with Crippen molar-refractivity contribution in [3.8, 4) is 0 Å². The highest BCUT2D eigenvalue weighted by Gasteiger charge is 2.12. The van der Waals surface area contributed by atoms with Crippen molar-refractivity contribution in [3.05, 3.63) is 59.7 Å². The first kappa shape index (κ1) is 10.4. The molecule has 0 amide bonds. The topological polar surface area (TPSA) is 15.3 Å². The summed E-state index contributed by atoms with van der Waals surface area (Å²) in [5.74, 6) is 0. The Morgan fingerprint density at radius 2 is 1.29 bits per heavy atom. The van der Waals surface area contributed by atoms with Gasteiger partial charge in [0.1, 0.15) is 0 Å². The summed E-state index contributed by atoms with van der Waals surface area (Å²) in [5.41, 5.74) is 5.13. The van der Waals surface area contributed by atoms with E-state index >= 15 is 0 Å². The molecule has 1 heterocycles. The Hall–Kier alpha value is -1.80. The minimum Gasteiger partial charge on any atom is -0.355 e. The van der Waals surface area contributed by atoms with E-state index in [0.717, 1.165) is 13.1 Å². The van der Waals surface area contributed by atoms with Crippen LogP contribution in [0.1, 0.15) is 11.1 Å². The molecule has 0 atom stereocenters. The summed E-state index contributed by atoms with van der Waals surface area (Å²) in [6.45, 7) is 1.97. The second-order valence-electron chi connectivity index (χ2n) is 4.61. The summed E-state index contributed by atoms with van der Waals surface area (Å²) in [5, 5.41) is 3.54. The number of fused-ring (bicyclic) bond motifs is 2. The molecule has 1 aliphatic heterocycles. The lowest BCUT2D eigenvalue weighted by Gasteiger charge is -2.25. The highest BCUT2D eigenvalue weighted by molar-refractivity contribution is 5.66. The molecule has 1 aliphatic rings. The molecular formula is C15H16N2. The largest absolute Gasteiger partial charge is 0.355 e. The number of para-hydroxylation sites is 2. The number of anilines is 2. The van der Waals surface area contributed by atoms with Crippen LogP contribution in [-0.4, -0.2) is 11.9 Å². The average Bonchev–Trinajstić information content (AvgIpc) is 2.31. The number of rotatable bonds is 0. The van der Waals surface area contributed by atoms with E-state index in [2.05, 4.69) is 65.8 Å². The monoisotopic (exact) mass is 224 g/mol. The van der Waals surface area contributed by atoms with Crippen LogP contribution in [0.25, 0.3) is 0 Å². The molecule has 0 aromatic heterocycles. The molecule has 0 unspecified atom stereocenters. The van der Waals surface area contributed by atoms with Crippen molar-refractivity contribution >= 4 is 11.4 Å². The van der Waals surface area contributed by atoms with Gasteiger partial charge in [0.2, 0.25) is 0 Å². The minimum atomic E-state index is 0.984. The van der Waals surface area contributed by atoms with Crippen LogP contribution in [0.15, 0.2) is 48.5 Å². The summed E-state index contributed by atoms with van der Waals surface area (Å²) in [4.78, 5) is 2.35. The van der Waals surface area contributed by atoms with Crippen molar-refractivity contribution in [3.63, 3.8) is 0 Å². The first-order valence-electron chi connectivity index (χ1n) is 5.94. The third-order valence-corrected chi connectivity index (χ3v) is 3.18. The second kappa shape index (κ2) is 4.22. The summed E-state index contributed by atoms with van der Waals surface area (Å²) in [6, 6.07) is 17.0. The molecule has 0 saturated carbocycles. The number of hydrogen-bond donors (Lipinski definition) is 1. The minimum absolute atomic E-state index is 0.984. The Balaban J connectivity index is 2.09. The fourth-order valence-electron chi connectivity index (χ4n) is 2.34. The zero-order valence-electron chi connectivity index (χ0n) is 9.98. The molecule has 2 aromatic carbocycles. The van der Waals surface area contributed by atoms with Crippen LogP contribution < -0.4 is 5.32 Å². The van der Waals surface area contributed by atoms with Gasteiger partial charge in [0.05, 0.1) is 0 Å². The number of hydrogen-bond acceptors (Lipinski definition) is 2. The van der Waals surface area contributed by atoms with Gasteiger partial charge in [-0.15, -0.1) is 0 Å². The molecule has 0 spiro atoms. The molecule has 0 fully saturated rings. The molecule has 2 aromatic rings. The van der Waals surface area contributed by atoms with Crippen LogP contribution in [0.3, 0.4) is 0 Å². The number of nitrogens with zero attached hydrogens (tertiary/aromatic N) is 1. The van der Waals surface area contributed by atoms with Gasteiger partial charge in [-0.25, -0.2) is 0 Å². The number of benzene rings is 2. The maximum Gasteiger partial charge on any atom is 0.0430 e. The Labute approximate surface area is 102 Å². The van der Waals surface area contributed by atoms with Gasteiger partial charge < -0.3 is 5.32 Å². The molecule has 0 aliphatic carbocycles. The van der Waals surface area contributed by atoms with Crippen molar-refractivity contribution in [1.82, 2.24) is 4.90 Å². The van der Waals surface area contributed by atoms with Crippen molar-refractivity contribution < 1.29 is 0 Å². The van der Waals surface area contributed by atoms with Crippen molar-refractivity contribution in [2.45, 2.75) is 13.1 Å². The standard InChI is InChI=1S/C15H16N2/c1-17-10-12-6-2-4-8-14(12)16-15-9-5-3-7-13(15)11-17/h2-9,16H,10-11H2,1H3. The van der Waals surface area contributed by atoms with E-state index < -0.39 is 0 Å². The highest BCUT2D eigenvalue weighted by atomic mass is 15.1. The lowest BCUT2D eigenvalue weighted by Crippen LogP contribution is -2.20. The third kappa shape index (κ3) is 2.04. The molecule has 2 heteroatoms. The van der Waals surface area contributed by atoms with Gasteiger partial charge in [-0.3, -0.25) is 4.90 Å². The van der Waals surface area contributed by atoms with E-state index in [-0.39, 0.29) is 0 Å². The van der Waals surface area contributed by atoms with E-state index in [1.165, 1.54) is 22.5 Å². The van der Waals surface area contributed by atoms with Crippen LogP contribution in [0.2, 0.25) is 0 Å². The van der Waals surface area contributed by atoms with E-state index in [9.17, 15) is 0 Å². The van der Waals surface area contributed by atoms with Gasteiger partial charge in [0.25, 0.3) is 0 Å². The molecule has 0 saturated heterocycles. The zero-order chi connectivity index (χ0) is 11.7. The summed E-state index contributed by atoms with van der Waals surface area (Å²) in [7, 11) is 2.17. The molecular weight excluding hydrogens is 208 g/mol. The van der Waals surface area contributed by atoms with Crippen LogP contribution in [0, 0.1) is 0 Å². The van der Waals surface area contributed by atoms with Gasteiger partial charge in [-0.05, 0) is 30.3 Å². The van der Waals surface area contributed by atoms with Gasteiger partial charge in [0.15, 0.2) is 0 Å². The normalized spacial score (nSPS) is 15.1. The quantitative estimate of drug-likeness (QED) is 0.738. The van der Waals surface area contributed by atoms with Crippen LogP contribution in [0.4, 0.5) is 11.4 Å². The second-order valence-corrected chi connectivity index (χ2v) is 4.61. The lowest BCUT2D eigenvalue weighted by atomic mass is 10.1. The molecule has 86 valence electrons. The Morgan fingerprint density at radius 3 is 1.82 bits per heavy atom. The van der Waals surface area contributed by atoms with Crippen LogP contribution in [-0.2, 0) is 13.1 Å². The smallest absolute Gasteiger partial charge is 0.0430 e. The van der Waals surface area contributed by atoms with Crippen molar-refractivity contribution in [1.29, 1.82) is 0 Å². The van der Waals surface area contributed by atoms with Crippen LogP contribution >= 0.6 is 0 Å². The molecule has 0 radical (unpaired) electrons. The van der Waals surface area contributed by atoms with E-state index in [4.69, 9.17) is 0 Å². The molecule has 3 rings (SSSR count). The average molecular weight is 224 g/mol. The third-order valence-electron chi connectivity index (χ3n) is 3.18. The van der Waals surface area contributed by atoms with Crippen LogP contribution in [0.5, 0.6) is 0 Å². The SMILES string of the molecule is CN1Cc2ccccc2Nc2ccccc2C1. The zero-order valence-corrected chi connectivity index (χ0v) is 9.98. The maximum atomic E-state index is 3.54. The Bertz CT molecular complexity index is 486. The highest BCUT2D eigenvalue weighted by Crippen LogP contribution is 2.28. The summed E-state index contributed by atoms with van der Waals surface area (Å²) >= 11 is 0. The fraction of sp³-hybridized carbons (Fsp3) is 0.200. The Morgan fingerprint density at radius 1 is 0.824 bits per heavy atom. The van der Waals surface area contributed by atoms with Gasteiger partial charge in [-0.2, -0.15) is 0 Å². The van der Waals surface area contributed by atoms with E-state index in [0.29, 0.717) is 0 Å². The maximum absolute atomic E-state index is 3.54. The number of nitrogens with one attached hydrogen (secondary N) is 1. The predicted octanol–water partition coefficient (Wildman–Crippen LogP) is 3.38. The Kier molecular flexibility index (Phi) is 2.57. The van der Waals surface area contributed by atoms with E-state index in [1.54, 1.807) is 0 Å². The van der Waals surface area contributed by atoms with E-state index in [1.807, 2.05) is 0 Å². The lowest BCUT2D eigenvalue weighted by molar-refractivity contribution is 0.319. The predicted molar refractivity (Wildman–Crippen MR) is 71.3 cm³/mol. The van der Waals surface area contributed by atoms with Gasteiger partial charge >= 0.3 is 0 Å². The summed E-state index contributed by atoms with van der Waals surface area (Å²) in [6.07, 6.45) is 0. The molecule has 0 bridgehead atoms. The fourth-order valence-corrected chi connectivity index (χ4v) is 2.34. The van der Waals surface area contributed by atoms with Gasteiger partial charge in [0, 0.05) is 24.5 Å². The van der Waals surface area contributed by atoms with Crippen molar-refractivity contribution in [2.75, 3.05) is 12.4 Å². The van der Waals surface area contributed by atoms with Crippen molar-refractivity contribution in [2.24, 2.45) is 0 Å². The van der Waals surface area contributed by atoms with Gasteiger partial charge in [-0.1, -0.05) is 36.4 Å². The summed E-state index contributed by atoms with van der Waals surface area (Å²) < 4.78 is 0. The molecule has 17 heavy (non-hydrogen) atoms. The molecule has 2 nitrogen and oxygen atoms in total. The first-order chi connectivity index (χ1) is 8.33. The molecule has 1 N–H and O–H groups in total.